The van der Waals surface area contributed by atoms with Crippen LogP contribution in [0.2, 0.25) is 0 Å². The van der Waals surface area contributed by atoms with Gasteiger partial charge in [-0.25, -0.2) is 23.4 Å². The van der Waals surface area contributed by atoms with E-state index >= 15 is 0 Å². The van der Waals surface area contributed by atoms with Gasteiger partial charge in [0.1, 0.15) is 5.82 Å². The highest BCUT2D eigenvalue weighted by molar-refractivity contribution is 7.88. The standard InChI is InChI=1S/C21H27N7O3S2/c1-33(29,30)28-6-4-26(5-7-28)14-16-12-15-13-18(17-2-3-23-21(22)25-17)24-20(19(15)32-16)27-8-10-31-11-9-27/h2-3,12-13H,4-11,14H2,1H3,(H2,22,23,25). The van der Waals surface area contributed by atoms with Crippen LogP contribution < -0.4 is 10.6 Å². The molecule has 3 aromatic rings. The maximum Gasteiger partial charge on any atom is 0.220 e. The number of morpholine rings is 1. The number of nitrogens with zero attached hydrogens (tertiary/aromatic N) is 6. The van der Waals surface area contributed by atoms with E-state index in [2.05, 4.69) is 31.9 Å². The molecular formula is C21H27N7O3S2. The number of anilines is 2. The van der Waals surface area contributed by atoms with Gasteiger partial charge < -0.3 is 15.4 Å². The number of pyridine rings is 1. The first-order chi connectivity index (χ1) is 15.9. The van der Waals surface area contributed by atoms with Crippen LogP contribution in [0.5, 0.6) is 0 Å². The predicted molar refractivity (Wildman–Crippen MR) is 130 cm³/mol. The van der Waals surface area contributed by atoms with Gasteiger partial charge in [0.25, 0.3) is 0 Å². The zero-order chi connectivity index (χ0) is 23.0. The van der Waals surface area contributed by atoms with E-state index < -0.39 is 10.0 Å². The van der Waals surface area contributed by atoms with Gasteiger partial charge in [-0.05, 0) is 23.6 Å². The van der Waals surface area contributed by atoms with Gasteiger partial charge in [-0.15, -0.1) is 11.3 Å². The number of aromatic nitrogens is 3. The largest absolute Gasteiger partial charge is 0.378 e. The predicted octanol–water partition coefficient (Wildman–Crippen LogP) is 1.25. The second-order valence-corrected chi connectivity index (χ2v) is 11.4. The molecule has 3 aromatic heterocycles. The van der Waals surface area contributed by atoms with Crippen molar-refractivity contribution in [2.75, 3.05) is 69.4 Å². The molecule has 0 bridgehead atoms. The summed E-state index contributed by atoms with van der Waals surface area (Å²) in [5.74, 6) is 1.17. The monoisotopic (exact) mass is 489 g/mol. The van der Waals surface area contributed by atoms with Crippen LogP contribution in [-0.4, -0.2) is 91.3 Å². The van der Waals surface area contributed by atoms with Crippen LogP contribution in [0.3, 0.4) is 0 Å². The lowest BCUT2D eigenvalue weighted by Gasteiger charge is -2.32. The Balaban J connectivity index is 1.45. The number of ether oxygens (including phenoxy) is 1. The Hall–Kier alpha value is -2.38. The van der Waals surface area contributed by atoms with E-state index in [1.165, 1.54) is 11.1 Å². The van der Waals surface area contributed by atoms with E-state index in [1.54, 1.807) is 21.8 Å². The first-order valence-corrected chi connectivity index (χ1v) is 13.6. The van der Waals surface area contributed by atoms with E-state index in [-0.39, 0.29) is 5.95 Å². The van der Waals surface area contributed by atoms with Crippen LogP contribution >= 0.6 is 11.3 Å². The number of fused-ring (bicyclic) bond motifs is 1. The van der Waals surface area contributed by atoms with Gasteiger partial charge in [-0.2, -0.15) is 4.31 Å². The maximum absolute atomic E-state index is 11.8. The summed E-state index contributed by atoms with van der Waals surface area (Å²) in [6, 6.07) is 6.09. The number of sulfonamides is 1. The fourth-order valence-electron chi connectivity index (χ4n) is 4.24. The molecule has 176 valence electrons. The Morgan fingerprint density at radius 1 is 1.06 bits per heavy atom. The van der Waals surface area contributed by atoms with E-state index in [1.807, 2.05) is 6.07 Å². The SMILES string of the molecule is CS(=O)(=O)N1CCN(Cc2cc3cc(-c4ccnc(N)n4)nc(N4CCOCC4)c3s2)CC1. The average molecular weight is 490 g/mol. The minimum Gasteiger partial charge on any atom is -0.378 e. The van der Waals surface area contributed by atoms with Gasteiger partial charge in [0.2, 0.25) is 16.0 Å². The molecule has 0 unspecified atom stereocenters. The zero-order valence-corrected chi connectivity index (χ0v) is 20.1. The summed E-state index contributed by atoms with van der Waals surface area (Å²) in [6.45, 7) is 6.23. The van der Waals surface area contributed by atoms with Gasteiger partial charge >= 0.3 is 0 Å². The summed E-state index contributed by atoms with van der Waals surface area (Å²) >= 11 is 1.75. The van der Waals surface area contributed by atoms with Crippen molar-refractivity contribution in [3.63, 3.8) is 0 Å². The molecule has 10 nitrogen and oxygen atoms in total. The van der Waals surface area contributed by atoms with Gasteiger partial charge in [-0.3, -0.25) is 4.90 Å². The summed E-state index contributed by atoms with van der Waals surface area (Å²) in [7, 11) is -3.13. The third-order valence-corrected chi connectivity index (χ3v) is 8.40. The van der Waals surface area contributed by atoms with Crippen molar-refractivity contribution >= 4 is 43.2 Å². The van der Waals surface area contributed by atoms with Crippen molar-refractivity contribution < 1.29 is 13.2 Å². The van der Waals surface area contributed by atoms with Crippen LogP contribution in [-0.2, 0) is 21.3 Å². The highest BCUT2D eigenvalue weighted by atomic mass is 32.2. The second-order valence-electron chi connectivity index (χ2n) is 8.30. The van der Waals surface area contributed by atoms with Crippen molar-refractivity contribution in [1.82, 2.24) is 24.2 Å². The Morgan fingerprint density at radius 2 is 1.82 bits per heavy atom. The molecule has 0 saturated carbocycles. The molecule has 5 heterocycles. The Morgan fingerprint density at radius 3 is 2.52 bits per heavy atom. The number of nitrogens with two attached hydrogens (primary N) is 1. The Kier molecular flexibility index (Phi) is 6.18. The van der Waals surface area contributed by atoms with Crippen LogP contribution in [0.25, 0.3) is 21.5 Å². The lowest BCUT2D eigenvalue weighted by molar-refractivity contribution is 0.122. The molecule has 0 radical (unpaired) electrons. The summed E-state index contributed by atoms with van der Waals surface area (Å²) in [4.78, 5) is 19.1. The number of hydrogen-bond acceptors (Lipinski definition) is 10. The zero-order valence-electron chi connectivity index (χ0n) is 18.5. The maximum atomic E-state index is 11.8. The normalized spacial score (nSPS) is 18.8. The first-order valence-electron chi connectivity index (χ1n) is 10.9. The summed E-state index contributed by atoms with van der Waals surface area (Å²) in [5.41, 5.74) is 7.28. The molecule has 2 aliphatic heterocycles. The highest BCUT2D eigenvalue weighted by Crippen LogP contribution is 2.36. The molecule has 0 spiro atoms. The molecule has 2 aliphatic rings. The quantitative estimate of drug-likeness (QED) is 0.565. The highest BCUT2D eigenvalue weighted by Gasteiger charge is 2.24. The number of piperazine rings is 1. The summed E-state index contributed by atoms with van der Waals surface area (Å²) < 4.78 is 31.8. The molecule has 0 atom stereocenters. The van der Waals surface area contributed by atoms with Crippen LogP contribution in [0.1, 0.15) is 4.88 Å². The lowest BCUT2D eigenvalue weighted by atomic mass is 10.2. The van der Waals surface area contributed by atoms with E-state index in [0.29, 0.717) is 32.0 Å². The van der Waals surface area contributed by atoms with Crippen LogP contribution in [0, 0.1) is 0 Å². The van der Waals surface area contributed by atoms with Crippen molar-refractivity contribution in [3.8, 4) is 11.4 Å². The van der Waals surface area contributed by atoms with E-state index in [0.717, 1.165) is 54.3 Å². The molecule has 5 rings (SSSR count). The Labute approximate surface area is 197 Å². The molecule has 0 aliphatic carbocycles. The van der Waals surface area contributed by atoms with Crippen LogP contribution in [0.15, 0.2) is 24.4 Å². The fraction of sp³-hybridized carbons (Fsp3) is 0.476. The minimum absolute atomic E-state index is 0.224. The molecule has 12 heteroatoms. The third-order valence-electron chi connectivity index (χ3n) is 5.96. The second kappa shape index (κ2) is 9.11. The molecule has 33 heavy (non-hydrogen) atoms. The molecule has 2 N–H and O–H groups in total. The third kappa shape index (κ3) is 4.94. The topological polar surface area (TPSA) is 118 Å². The van der Waals surface area contributed by atoms with Crippen LogP contribution in [0.4, 0.5) is 11.8 Å². The summed E-state index contributed by atoms with van der Waals surface area (Å²) in [6.07, 6.45) is 2.92. The average Bonchev–Trinajstić information content (AvgIpc) is 3.21. The van der Waals surface area contributed by atoms with Gasteiger partial charge in [-0.1, -0.05) is 0 Å². The van der Waals surface area contributed by atoms with Gasteiger partial charge in [0.05, 0.1) is 35.6 Å². The fourth-order valence-corrected chi connectivity index (χ4v) is 6.26. The minimum atomic E-state index is -3.13. The van der Waals surface area contributed by atoms with Crippen molar-refractivity contribution in [1.29, 1.82) is 0 Å². The first kappa shape index (κ1) is 22.4. The van der Waals surface area contributed by atoms with Gasteiger partial charge in [0.15, 0.2) is 0 Å². The smallest absolute Gasteiger partial charge is 0.220 e. The number of thiophene rings is 1. The Bertz CT molecular complexity index is 1250. The molecule has 2 saturated heterocycles. The number of nitrogen functional groups attached to an aromatic ring is 1. The molecule has 0 amide bonds. The molecular weight excluding hydrogens is 462 g/mol. The lowest BCUT2D eigenvalue weighted by Crippen LogP contribution is -2.47. The molecule has 0 aromatic carbocycles. The van der Waals surface area contributed by atoms with Crippen molar-refractivity contribution in [2.24, 2.45) is 0 Å². The van der Waals surface area contributed by atoms with Crippen molar-refractivity contribution in [3.05, 3.63) is 29.3 Å². The number of rotatable bonds is 5. The van der Waals surface area contributed by atoms with Gasteiger partial charge in [0, 0.05) is 56.9 Å². The number of hydrogen-bond donors (Lipinski definition) is 1. The summed E-state index contributed by atoms with van der Waals surface area (Å²) in [5, 5.41) is 1.12. The van der Waals surface area contributed by atoms with E-state index in [9.17, 15) is 8.42 Å². The van der Waals surface area contributed by atoms with E-state index in [4.69, 9.17) is 15.5 Å². The molecule has 2 fully saturated rings. The van der Waals surface area contributed by atoms with Crippen molar-refractivity contribution in [2.45, 2.75) is 6.54 Å².